The van der Waals surface area contributed by atoms with Crippen molar-refractivity contribution in [3.05, 3.63) is 62.5 Å². The average molecular weight is 453 g/mol. The fourth-order valence-electron chi connectivity index (χ4n) is 1.71. The molecule has 0 aromatic heterocycles. The minimum Gasteiger partial charge on any atom is -0.460 e. The van der Waals surface area contributed by atoms with Crippen molar-refractivity contribution >= 4 is 55.1 Å². The summed E-state index contributed by atoms with van der Waals surface area (Å²) in [5, 5.41) is 0.229. The number of esters is 1. The summed E-state index contributed by atoms with van der Waals surface area (Å²) >= 11 is 14.9. The van der Waals surface area contributed by atoms with Gasteiger partial charge in [-0.2, -0.15) is 4.72 Å². The summed E-state index contributed by atoms with van der Waals surface area (Å²) in [4.78, 5) is 11.5. The van der Waals surface area contributed by atoms with Gasteiger partial charge in [-0.1, -0.05) is 51.3 Å². The lowest BCUT2D eigenvalue weighted by Gasteiger charge is -2.09. The summed E-state index contributed by atoms with van der Waals surface area (Å²) in [6.45, 7) is -0.465. The van der Waals surface area contributed by atoms with Gasteiger partial charge >= 0.3 is 5.97 Å². The molecule has 0 aliphatic heterocycles. The smallest absolute Gasteiger partial charge is 0.321 e. The van der Waals surface area contributed by atoms with Crippen LogP contribution in [0.3, 0.4) is 0 Å². The zero-order valence-electron chi connectivity index (χ0n) is 12.1. The number of rotatable bonds is 6. The number of benzene rings is 2. The summed E-state index contributed by atoms with van der Waals surface area (Å²) in [7, 11) is -3.97. The molecule has 0 aliphatic rings. The molecule has 0 atom stereocenters. The molecule has 128 valence electrons. The Kier molecular flexibility index (Phi) is 6.65. The Morgan fingerprint density at radius 2 is 1.79 bits per heavy atom. The van der Waals surface area contributed by atoms with Crippen LogP contribution in [0.25, 0.3) is 0 Å². The van der Waals surface area contributed by atoms with E-state index in [9.17, 15) is 13.2 Å². The van der Waals surface area contributed by atoms with Crippen molar-refractivity contribution in [3.8, 4) is 0 Å². The normalized spacial score (nSPS) is 11.3. The number of sulfonamides is 1. The van der Waals surface area contributed by atoms with Gasteiger partial charge in [-0.25, -0.2) is 8.42 Å². The zero-order chi connectivity index (χ0) is 17.7. The van der Waals surface area contributed by atoms with Gasteiger partial charge in [0.25, 0.3) is 0 Å². The predicted molar refractivity (Wildman–Crippen MR) is 95.6 cm³/mol. The third-order valence-electron chi connectivity index (χ3n) is 2.90. The topological polar surface area (TPSA) is 72.5 Å². The van der Waals surface area contributed by atoms with E-state index in [4.69, 9.17) is 27.9 Å². The lowest BCUT2D eigenvalue weighted by Crippen LogP contribution is -2.30. The first-order chi connectivity index (χ1) is 11.3. The Bertz CT molecular complexity index is 841. The van der Waals surface area contributed by atoms with Crippen LogP contribution in [0.5, 0.6) is 0 Å². The highest BCUT2D eigenvalue weighted by Gasteiger charge is 2.19. The van der Waals surface area contributed by atoms with Crippen LogP contribution in [0.4, 0.5) is 0 Å². The summed E-state index contributed by atoms with van der Waals surface area (Å²) in [5.74, 6) is -0.709. The minimum atomic E-state index is -3.97. The van der Waals surface area contributed by atoms with Gasteiger partial charge in [0.05, 0.1) is 5.02 Å². The second kappa shape index (κ2) is 8.31. The van der Waals surface area contributed by atoms with Crippen molar-refractivity contribution in [2.24, 2.45) is 0 Å². The summed E-state index contributed by atoms with van der Waals surface area (Å²) < 4.78 is 32.4. The Morgan fingerprint density at radius 3 is 2.46 bits per heavy atom. The molecule has 0 saturated carbocycles. The quantitative estimate of drug-likeness (QED) is 0.677. The second-order valence-electron chi connectivity index (χ2n) is 4.69. The van der Waals surface area contributed by atoms with Crippen LogP contribution in [-0.4, -0.2) is 20.9 Å². The fraction of sp³-hybridized carbons (Fsp3) is 0.133. The molecule has 5 nitrogen and oxygen atoms in total. The maximum atomic E-state index is 12.2. The third-order valence-corrected chi connectivity index (χ3v) is 5.55. The maximum absolute atomic E-state index is 12.2. The summed E-state index contributed by atoms with van der Waals surface area (Å²) in [5.41, 5.74) is 0.785. The van der Waals surface area contributed by atoms with E-state index < -0.39 is 22.5 Å². The molecule has 2 aromatic carbocycles. The maximum Gasteiger partial charge on any atom is 0.321 e. The Labute approximate surface area is 158 Å². The van der Waals surface area contributed by atoms with E-state index >= 15 is 0 Å². The first-order valence-electron chi connectivity index (χ1n) is 6.63. The van der Waals surface area contributed by atoms with Crippen molar-refractivity contribution in [1.82, 2.24) is 4.72 Å². The van der Waals surface area contributed by atoms with Gasteiger partial charge in [0.2, 0.25) is 10.0 Å². The molecular formula is C15H12BrCl2NO4S. The molecule has 2 aromatic rings. The first-order valence-corrected chi connectivity index (χ1v) is 9.66. The van der Waals surface area contributed by atoms with Crippen LogP contribution >= 0.6 is 39.1 Å². The molecule has 0 heterocycles. The van der Waals surface area contributed by atoms with E-state index in [0.29, 0.717) is 0 Å². The highest BCUT2D eigenvalue weighted by molar-refractivity contribution is 9.10. The van der Waals surface area contributed by atoms with E-state index in [2.05, 4.69) is 20.7 Å². The lowest BCUT2D eigenvalue weighted by molar-refractivity contribution is -0.143. The minimum absolute atomic E-state index is 0.00938. The van der Waals surface area contributed by atoms with E-state index in [1.807, 2.05) is 12.1 Å². The van der Waals surface area contributed by atoms with Crippen molar-refractivity contribution in [1.29, 1.82) is 0 Å². The molecule has 1 N–H and O–H groups in total. The van der Waals surface area contributed by atoms with Gasteiger partial charge in [-0.15, -0.1) is 0 Å². The van der Waals surface area contributed by atoms with Crippen molar-refractivity contribution in [2.75, 3.05) is 6.54 Å². The van der Waals surface area contributed by atoms with Crippen LogP contribution < -0.4 is 4.72 Å². The van der Waals surface area contributed by atoms with Gasteiger partial charge in [0, 0.05) is 9.50 Å². The number of carbonyl (C=O) groups excluding carboxylic acids is 1. The number of nitrogens with one attached hydrogen (secondary N) is 1. The van der Waals surface area contributed by atoms with Crippen molar-refractivity contribution < 1.29 is 17.9 Å². The number of halogens is 3. The zero-order valence-corrected chi connectivity index (χ0v) is 16.0. The average Bonchev–Trinajstić information content (AvgIpc) is 2.54. The molecule has 0 fully saturated rings. The van der Waals surface area contributed by atoms with E-state index in [0.717, 1.165) is 10.0 Å². The first kappa shape index (κ1) is 19.2. The molecule has 24 heavy (non-hydrogen) atoms. The predicted octanol–water partition coefficient (Wildman–Crippen LogP) is 3.78. The van der Waals surface area contributed by atoms with Crippen molar-refractivity contribution in [2.45, 2.75) is 11.5 Å². The second-order valence-corrected chi connectivity index (χ2v) is 8.18. The molecule has 9 heteroatoms. The molecule has 0 unspecified atom stereocenters. The van der Waals surface area contributed by atoms with Crippen molar-refractivity contribution in [3.63, 3.8) is 0 Å². The van der Waals surface area contributed by atoms with Crippen LogP contribution in [-0.2, 0) is 26.2 Å². The highest BCUT2D eigenvalue weighted by atomic mass is 79.9. The number of carbonyl (C=O) groups is 1. The Balaban J connectivity index is 1.93. The Hall–Kier alpha value is -1.12. The van der Waals surface area contributed by atoms with Crippen LogP contribution in [0.2, 0.25) is 10.0 Å². The molecule has 0 spiro atoms. The summed E-state index contributed by atoms with van der Waals surface area (Å²) in [6, 6.07) is 11.2. The molecule has 0 bridgehead atoms. The van der Waals surface area contributed by atoms with Crippen LogP contribution in [0.1, 0.15) is 5.56 Å². The van der Waals surface area contributed by atoms with Gasteiger partial charge in [-0.3, -0.25) is 4.79 Å². The lowest BCUT2D eigenvalue weighted by atomic mass is 10.2. The van der Waals surface area contributed by atoms with Gasteiger partial charge in [-0.05, 0) is 35.9 Å². The molecule has 2 rings (SSSR count). The SMILES string of the molecule is O=C(CNS(=O)(=O)c1cc(Cl)ccc1Cl)OCc1ccc(Br)cc1. The van der Waals surface area contributed by atoms with Gasteiger partial charge in [0.1, 0.15) is 18.0 Å². The van der Waals surface area contributed by atoms with Gasteiger partial charge < -0.3 is 4.74 Å². The Morgan fingerprint density at radius 1 is 1.12 bits per heavy atom. The standard InChI is InChI=1S/C15H12BrCl2NO4S/c16-11-3-1-10(2-4-11)9-23-15(20)8-19-24(21,22)14-7-12(17)5-6-13(14)18/h1-7,19H,8-9H2. The molecule has 0 radical (unpaired) electrons. The number of hydrogen-bond acceptors (Lipinski definition) is 4. The van der Waals surface area contributed by atoms with Gasteiger partial charge in [0.15, 0.2) is 0 Å². The van der Waals surface area contributed by atoms with E-state index in [1.165, 1.54) is 18.2 Å². The van der Waals surface area contributed by atoms with E-state index in [-0.39, 0.29) is 21.5 Å². The fourth-order valence-corrected chi connectivity index (χ4v) is 3.70. The largest absolute Gasteiger partial charge is 0.460 e. The van der Waals surface area contributed by atoms with E-state index in [1.54, 1.807) is 12.1 Å². The highest BCUT2D eigenvalue weighted by Crippen LogP contribution is 2.24. The molecule has 0 aliphatic carbocycles. The molecular weight excluding hydrogens is 441 g/mol. The summed E-state index contributed by atoms with van der Waals surface area (Å²) in [6.07, 6.45) is 0. The van der Waals surface area contributed by atoms with Crippen LogP contribution in [0, 0.1) is 0 Å². The third kappa shape index (κ3) is 5.46. The molecule has 0 saturated heterocycles. The number of ether oxygens (including phenoxy) is 1. The number of hydrogen-bond donors (Lipinski definition) is 1. The van der Waals surface area contributed by atoms with Crippen LogP contribution in [0.15, 0.2) is 51.8 Å². The monoisotopic (exact) mass is 451 g/mol. The molecule has 0 amide bonds.